The fourth-order valence-electron chi connectivity index (χ4n) is 2.90. The number of aromatic nitrogens is 2. The Morgan fingerprint density at radius 1 is 1.10 bits per heavy atom. The molecule has 0 spiro atoms. The molecule has 3 rings (SSSR count). The van der Waals surface area contributed by atoms with Crippen molar-refractivity contribution in [2.24, 2.45) is 0 Å². The molecule has 1 aliphatic rings. The normalized spacial score (nSPS) is 19.7. The third-order valence-electron chi connectivity index (χ3n) is 4.30. The van der Waals surface area contributed by atoms with Gasteiger partial charge in [-0.1, -0.05) is 51.5 Å². The van der Waals surface area contributed by atoms with E-state index in [2.05, 4.69) is 60.3 Å². The Labute approximate surface area is 127 Å². The first-order valence-electron chi connectivity index (χ1n) is 7.93. The molecule has 1 aromatic carbocycles. The van der Waals surface area contributed by atoms with Crippen LogP contribution in [-0.2, 0) is 5.41 Å². The van der Waals surface area contributed by atoms with Crippen LogP contribution in [0.5, 0.6) is 0 Å². The van der Waals surface area contributed by atoms with Crippen molar-refractivity contribution in [3.05, 3.63) is 41.9 Å². The first-order chi connectivity index (χ1) is 10.0. The van der Waals surface area contributed by atoms with E-state index in [1.165, 1.54) is 30.4 Å². The Morgan fingerprint density at radius 2 is 1.86 bits per heavy atom. The highest BCUT2D eigenvalue weighted by Crippen LogP contribution is 2.27. The number of hydrogen-bond acceptors (Lipinski definition) is 2. The van der Waals surface area contributed by atoms with Gasteiger partial charge in [0.15, 0.2) is 0 Å². The number of H-pyrrole nitrogens is 1. The Balaban J connectivity index is 1.79. The summed E-state index contributed by atoms with van der Waals surface area (Å²) in [5.74, 6) is 1.07. The van der Waals surface area contributed by atoms with E-state index in [1.54, 1.807) is 0 Å². The number of aromatic amines is 1. The summed E-state index contributed by atoms with van der Waals surface area (Å²) in [6.45, 7) is 7.82. The van der Waals surface area contributed by atoms with Gasteiger partial charge in [0, 0.05) is 0 Å². The molecule has 0 radical (unpaired) electrons. The number of imidazole rings is 1. The summed E-state index contributed by atoms with van der Waals surface area (Å²) in [4.78, 5) is 8.05. The number of nitrogens with zero attached hydrogens (tertiary/aromatic N) is 1. The second kappa shape index (κ2) is 5.64. The van der Waals surface area contributed by atoms with E-state index in [-0.39, 0.29) is 5.41 Å². The predicted molar refractivity (Wildman–Crippen MR) is 87.3 cm³/mol. The zero-order valence-corrected chi connectivity index (χ0v) is 13.2. The Hall–Kier alpha value is -1.61. The lowest BCUT2D eigenvalue weighted by molar-refractivity contribution is 0.399. The van der Waals surface area contributed by atoms with E-state index in [9.17, 15) is 0 Å². The van der Waals surface area contributed by atoms with Crippen LogP contribution in [0.4, 0.5) is 0 Å². The van der Waals surface area contributed by atoms with Crippen LogP contribution >= 0.6 is 0 Å². The molecule has 1 unspecified atom stereocenters. The zero-order valence-electron chi connectivity index (χ0n) is 13.2. The highest BCUT2D eigenvalue weighted by Gasteiger charge is 2.18. The molecule has 21 heavy (non-hydrogen) atoms. The van der Waals surface area contributed by atoms with Crippen molar-refractivity contribution in [3.8, 4) is 11.3 Å². The maximum atomic E-state index is 4.57. The van der Waals surface area contributed by atoms with Crippen LogP contribution in [0.1, 0.15) is 57.5 Å². The van der Waals surface area contributed by atoms with Gasteiger partial charge in [0.25, 0.3) is 0 Å². The molecule has 0 amide bonds. The number of piperidine rings is 1. The van der Waals surface area contributed by atoms with Gasteiger partial charge >= 0.3 is 0 Å². The third kappa shape index (κ3) is 3.18. The maximum absolute atomic E-state index is 4.57. The second-order valence-electron chi connectivity index (χ2n) is 7.01. The van der Waals surface area contributed by atoms with Gasteiger partial charge in [0.05, 0.1) is 17.9 Å². The largest absolute Gasteiger partial charge is 0.341 e. The molecule has 0 bridgehead atoms. The van der Waals surface area contributed by atoms with Crippen molar-refractivity contribution in [1.29, 1.82) is 0 Å². The van der Waals surface area contributed by atoms with Crippen LogP contribution in [0.2, 0.25) is 0 Å². The lowest BCUT2D eigenvalue weighted by Gasteiger charge is -2.21. The summed E-state index contributed by atoms with van der Waals surface area (Å²) < 4.78 is 0. The Bertz CT molecular complexity index is 584. The highest BCUT2D eigenvalue weighted by molar-refractivity contribution is 5.59. The summed E-state index contributed by atoms with van der Waals surface area (Å²) in [6.07, 6.45) is 5.69. The van der Waals surface area contributed by atoms with Crippen LogP contribution in [0.3, 0.4) is 0 Å². The van der Waals surface area contributed by atoms with E-state index in [1.807, 2.05) is 6.20 Å². The molecule has 1 aromatic heterocycles. The molecule has 2 heterocycles. The Kier molecular flexibility index (Phi) is 3.85. The van der Waals surface area contributed by atoms with Crippen molar-refractivity contribution in [2.45, 2.75) is 51.5 Å². The van der Waals surface area contributed by atoms with Gasteiger partial charge in [-0.3, -0.25) is 0 Å². The summed E-state index contributed by atoms with van der Waals surface area (Å²) >= 11 is 0. The van der Waals surface area contributed by atoms with Crippen molar-refractivity contribution in [3.63, 3.8) is 0 Å². The standard InChI is InChI=1S/C18H25N3/c1-18(2,3)14-9-7-13(8-10-14)16-12-20-17(21-16)15-6-4-5-11-19-15/h7-10,12,15,19H,4-6,11H2,1-3H3,(H,20,21). The van der Waals surface area contributed by atoms with Gasteiger partial charge in [-0.05, 0) is 35.9 Å². The van der Waals surface area contributed by atoms with E-state index >= 15 is 0 Å². The maximum Gasteiger partial charge on any atom is 0.123 e. The molecule has 2 N–H and O–H groups in total. The third-order valence-corrected chi connectivity index (χ3v) is 4.30. The van der Waals surface area contributed by atoms with Crippen LogP contribution < -0.4 is 5.32 Å². The summed E-state index contributed by atoms with van der Waals surface area (Å²) in [5.41, 5.74) is 3.87. The molecular formula is C18H25N3. The molecule has 3 nitrogen and oxygen atoms in total. The van der Waals surface area contributed by atoms with Gasteiger partial charge in [0.1, 0.15) is 5.82 Å². The first kappa shape index (κ1) is 14.3. The number of benzene rings is 1. The number of hydrogen-bond donors (Lipinski definition) is 2. The fourth-order valence-corrected chi connectivity index (χ4v) is 2.90. The molecule has 1 fully saturated rings. The smallest absolute Gasteiger partial charge is 0.123 e. The van der Waals surface area contributed by atoms with E-state index in [0.29, 0.717) is 6.04 Å². The molecule has 0 saturated carbocycles. The van der Waals surface area contributed by atoms with Gasteiger partial charge in [-0.15, -0.1) is 0 Å². The van der Waals surface area contributed by atoms with Crippen LogP contribution in [-0.4, -0.2) is 16.5 Å². The van der Waals surface area contributed by atoms with E-state index in [0.717, 1.165) is 18.1 Å². The lowest BCUT2D eigenvalue weighted by atomic mass is 9.86. The molecule has 3 heteroatoms. The summed E-state index contributed by atoms with van der Waals surface area (Å²) in [7, 11) is 0. The van der Waals surface area contributed by atoms with Gasteiger partial charge in [0.2, 0.25) is 0 Å². The summed E-state index contributed by atoms with van der Waals surface area (Å²) in [5, 5.41) is 3.54. The average Bonchev–Trinajstić information content (AvgIpc) is 2.97. The minimum Gasteiger partial charge on any atom is -0.341 e. The molecule has 2 aromatic rings. The van der Waals surface area contributed by atoms with Crippen LogP contribution in [0.15, 0.2) is 30.5 Å². The molecule has 0 aliphatic carbocycles. The van der Waals surface area contributed by atoms with Crippen molar-refractivity contribution < 1.29 is 0 Å². The molecule has 1 aliphatic heterocycles. The van der Waals surface area contributed by atoms with Gasteiger partial charge in [-0.25, -0.2) is 4.98 Å². The van der Waals surface area contributed by atoms with Gasteiger partial charge in [-0.2, -0.15) is 0 Å². The monoisotopic (exact) mass is 283 g/mol. The van der Waals surface area contributed by atoms with Crippen LogP contribution in [0.25, 0.3) is 11.3 Å². The molecule has 1 saturated heterocycles. The van der Waals surface area contributed by atoms with E-state index in [4.69, 9.17) is 0 Å². The quantitative estimate of drug-likeness (QED) is 0.867. The Morgan fingerprint density at radius 3 is 2.48 bits per heavy atom. The summed E-state index contributed by atoms with van der Waals surface area (Å²) in [6, 6.07) is 9.20. The molecular weight excluding hydrogens is 258 g/mol. The zero-order chi connectivity index (χ0) is 14.9. The number of nitrogens with one attached hydrogen (secondary N) is 2. The predicted octanol–water partition coefficient (Wildman–Crippen LogP) is 4.19. The van der Waals surface area contributed by atoms with Crippen molar-refractivity contribution in [1.82, 2.24) is 15.3 Å². The number of rotatable bonds is 2. The topological polar surface area (TPSA) is 40.7 Å². The van der Waals surface area contributed by atoms with E-state index < -0.39 is 0 Å². The van der Waals surface area contributed by atoms with Gasteiger partial charge < -0.3 is 10.3 Å². The fraction of sp³-hybridized carbons (Fsp3) is 0.500. The highest BCUT2D eigenvalue weighted by atomic mass is 15.0. The molecule has 1 atom stereocenters. The van der Waals surface area contributed by atoms with Crippen LogP contribution in [0, 0.1) is 0 Å². The minimum absolute atomic E-state index is 0.198. The van der Waals surface area contributed by atoms with Crippen molar-refractivity contribution >= 4 is 0 Å². The first-order valence-corrected chi connectivity index (χ1v) is 7.93. The minimum atomic E-state index is 0.198. The lowest BCUT2D eigenvalue weighted by Crippen LogP contribution is -2.27. The van der Waals surface area contributed by atoms with Crippen molar-refractivity contribution in [2.75, 3.05) is 6.54 Å². The molecule has 112 valence electrons. The average molecular weight is 283 g/mol. The second-order valence-corrected chi connectivity index (χ2v) is 7.01. The SMILES string of the molecule is CC(C)(C)c1ccc(-c2cnc(C3CCCCN3)[nH]2)cc1.